The Labute approximate surface area is 186 Å². The quantitative estimate of drug-likeness (QED) is 0.551. The molecule has 0 unspecified atom stereocenters. The predicted molar refractivity (Wildman–Crippen MR) is 114 cm³/mol. The second kappa shape index (κ2) is 9.39. The number of rotatable bonds is 6. The Morgan fingerprint density at radius 2 is 1.84 bits per heavy atom. The Morgan fingerprint density at radius 3 is 2.53 bits per heavy atom. The van der Waals surface area contributed by atoms with Gasteiger partial charge >= 0.3 is 5.97 Å². The van der Waals surface area contributed by atoms with Gasteiger partial charge in [-0.3, -0.25) is 14.6 Å². The number of ether oxygens (including phenoxy) is 1. The van der Waals surface area contributed by atoms with Gasteiger partial charge in [0.25, 0.3) is 5.91 Å². The molecular formula is C22H19F2N3O4S. The van der Waals surface area contributed by atoms with Gasteiger partial charge in [-0.05, 0) is 37.8 Å². The molecule has 3 aromatic rings. The molecule has 0 spiro atoms. The van der Waals surface area contributed by atoms with E-state index in [1.165, 1.54) is 23.8 Å². The van der Waals surface area contributed by atoms with E-state index in [0.29, 0.717) is 37.1 Å². The number of nitrogens with one attached hydrogen (secondary N) is 1. The van der Waals surface area contributed by atoms with E-state index in [1.807, 2.05) is 0 Å². The zero-order valence-electron chi connectivity index (χ0n) is 16.8. The maximum absolute atomic E-state index is 14.0. The van der Waals surface area contributed by atoms with Crippen molar-refractivity contribution < 1.29 is 28.2 Å². The molecule has 2 heterocycles. The predicted octanol–water partition coefficient (Wildman–Crippen LogP) is 4.76. The molecule has 32 heavy (non-hydrogen) atoms. The summed E-state index contributed by atoms with van der Waals surface area (Å²) in [7, 11) is 0. The highest BCUT2D eigenvalue weighted by Gasteiger charge is 2.27. The van der Waals surface area contributed by atoms with E-state index in [4.69, 9.17) is 9.84 Å². The highest BCUT2D eigenvalue weighted by atomic mass is 32.1. The van der Waals surface area contributed by atoms with Crippen molar-refractivity contribution in [2.45, 2.75) is 31.8 Å². The molecule has 0 bridgehead atoms. The van der Waals surface area contributed by atoms with Crippen molar-refractivity contribution in [3.8, 4) is 16.3 Å². The van der Waals surface area contributed by atoms with Gasteiger partial charge in [-0.15, -0.1) is 11.3 Å². The summed E-state index contributed by atoms with van der Waals surface area (Å²) in [5.74, 6) is -2.83. The zero-order chi connectivity index (χ0) is 22.7. The second-order valence-electron chi connectivity index (χ2n) is 7.39. The molecule has 1 aliphatic rings. The molecule has 2 N–H and O–H groups in total. The van der Waals surface area contributed by atoms with E-state index in [1.54, 1.807) is 6.07 Å². The molecule has 0 saturated heterocycles. The van der Waals surface area contributed by atoms with Crippen LogP contribution in [0.2, 0.25) is 0 Å². The van der Waals surface area contributed by atoms with Gasteiger partial charge in [0.1, 0.15) is 33.8 Å². The Hall–Kier alpha value is -3.40. The zero-order valence-corrected chi connectivity index (χ0v) is 17.6. The molecule has 1 amide bonds. The molecule has 1 saturated carbocycles. The lowest BCUT2D eigenvalue weighted by molar-refractivity contribution is -0.143. The molecule has 166 valence electrons. The molecule has 7 nitrogen and oxygen atoms in total. The van der Waals surface area contributed by atoms with E-state index < -0.39 is 23.5 Å². The number of anilines is 1. The average Bonchev–Trinajstić information content (AvgIpc) is 3.25. The highest BCUT2D eigenvalue weighted by molar-refractivity contribution is 7.13. The Morgan fingerprint density at radius 1 is 1.12 bits per heavy atom. The van der Waals surface area contributed by atoms with Crippen molar-refractivity contribution >= 4 is 28.9 Å². The van der Waals surface area contributed by atoms with E-state index in [0.717, 1.165) is 23.5 Å². The SMILES string of the molecule is O=C(Nc1cnccc1OC1CCC(C(=O)O)CC1)c1csc(-c2c(F)cccc2F)n1. The number of carbonyl (C=O) groups is 2. The van der Waals surface area contributed by atoms with Gasteiger partial charge in [0.2, 0.25) is 0 Å². The topological polar surface area (TPSA) is 101 Å². The van der Waals surface area contributed by atoms with Crippen molar-refractivity contribution in [3.63, 3.8) is 0 Å². The van der Waals surface area contributed by atoms with Crippen LogP contribution in [0.15, 0.2) is 42.0 Å². The van der Waals surface area contributed by atoms with Crippen LogP contribution in [0.1, 0.15) is 36.2 Å². The number of pyridine rings is 1. The minimum atomic E-state index is -0.793. The third kappa shape index (κ3) is 4.75. The number of benzene rings is 1. The van der Waals surface area contributed by atoms with Crippen LogP contribution < -0.4 is 10.1 Å². The molecule has 1 aliphatic carbocycles. The van der Waals surface area contributed by atoms with Crippen LogP contribution in [0.4, 0.5) is 14.5 Å². The first-order valence-corrected chi connectivity index (χ1v) is 10.8. The number of carbonyl (C=O) groups excluding carboxylic acids is 1. The van der Waals surface area contributed by atoms with Gasteiger partial charge in [-0.25, -0.2) is 13.8 Å². The normalized spacial score (nSPS) is 18.2. The maximum Gasteiger partial charge on any atom is 0.306 e. The van der Waals surface area contributed by atoms with E-state index in [9.17, 15) is 18.4 Å². The first-order valence-electron chi connectivity index (χ1n) is 9.97. The second-order valence-corrected chi connectivity index (χ2v) is 8.25. The summed E-state index contributed by atoms with van der Waals surface area (Å²) in [5.41, 5.74) is 0.0489. The number of amides is 1. The lowest BCUT2D eigenvalue weighted by Crippen LogP contribution is -2.28. The van der Waals surface area contributed by atoms with E-state index >= 15 is 0 Å². The number of hydrogen-bond donors (Lipinski definition) is 2. The smallest absolute Gasteiger partial charge is 0.306 e. The van der Waals surface area contributed by atoms with Gasteiger partial charge in [0.15, 0.2) is 0 Å². The van der Waals surface area contributed by atoms with Crippen molar-refractivity contribution in [3.05, 3.63) is 59.4 Å². The summed E-state index contributed by atoms with van der Waals surface area (Å²) < 4.78 is 34.0. The summed E-state index contributed by atoms with van der Waals surface area (Å²) in [4.78, 5) is 31.9. The molecule has 4 rings (SSSR count). The number of thiazole rings is 1. The third-order valence-corrected chi connectivity index (χ3v) is 6.12. The summed E-state index contributed by atoms with van der Waals surface area (Å²) in [6.07, 6.45) is 5.03. The van der Waals surface area contributed by atoms with Gasteiger partial charge in [-0.2, -0.15) is 0 Å². The summed E-state index contributed by atoms with van der Waals surface area (Å²) in [6, 6.07) is 5.12. The first kappa shape index (κ1) is 21.8. The van der Waals surface area contributed by atoms with Crippen molar-refractivity contribution in [2.24, 2.45) is 5.92 Å². The molecule has 10 heteroatoms. The Kier molecular flexibility index (Phi) is 6.40. The molecule has 0 atom stereocenters. The van der Waals surface area contributed by atoms with Gasteiger partial charge in [0, 0.05) is 17.6 Å². The summed E-state index contributed by atoms with van der Waals surface area (Å²) in [6.45, 7) is 0. The molecular weight excluding hydrogens is 440 g/mol. The van der Waals surface area contributed by atoms with Crippen LogP contribution in [0.25, 0.3) is 10.6 Å². The Bertz CT molecular complexity index is 1130. The fourth-order valence-corrected chi connectivity index (χ4v) is 4.41. The molecule has 2 aromatic heterocycles. The molecule has 1 aromatic carbocycles. The number of nitrogens with zero attached hydrogens (tertiary/aromatic N) is 2. The number of carboxylic acids is 1. The van der Waals surface area contributed by atoms with Crippen molar-refractivity contribution in [1.29, 1.82) is 0 Å². The van der Waals surface area contributed by atoms with E-state index in [2.05, 4.69) is 15.3 Å². The van der Waals surface area contributed by atoms with Gasteiger partial charge in [-0.1, -0.05) is 6.07 Å². The van der Waals surface area contributed by atoms with Crippen LogP contribution >= 0.6 is 11.3 Å². The van der Waals surface area contributed by atoms with Gasteiger partial charge in [0.05, 0.1) is 23.8 Å². The fourth-order valence-electron chi connectivity index (χ4n) is 3.57. The fraction of sp³-hybridized carbons (Fsp3) is 0.273. The van der Waals surface area contributed by atoms with Crippen LogP contribution in [-0.2, 0) is 4.79 Å². The first-order chi connectivity index (χ1) is 15.4. The van der Waals surface area contributed by atoms with Gasteiger partial charge < -0.3 is 15.2 Å². The monoisotopic (exact) mass is 459 g/mol. The summed E-state index contributed by atoms with van der Waals surface area (Å²) in [5, 5.41) is 13.3. The number of halogens is 2. The third-order valence-electron chi connectivity index (χ3n) is 5.26. The minimum Gasteiger partial charge on any atom is -0.488 e. The maximum atomic E-state index is 14.0. The molecule has 1 fully saturated rings. The Balaban J connectivity index is 1.46. The minimum absolute atomic E-state index is 0.00409. The average molecular weight is 459 g/mol. The van der Waals surface area contributed by atoms with Crippen LogP contribution in [-0.4, -0.2) is 33.1 Å². The lowest BCUT2D eigenvalue weighted by Gasteiger charge is -2.27. The standard InChI is InChI=1S/C22H19F2N3O4S/c23-14-2-1-3-15(24)19(14)21-27-17(11-32-21)20(28)26-16-10-25-9-8-18(16)31-13-6-4-12(5-7-13)22(29)30/h1-3,8-13H,4-7H2,(H,26,28)(H,29,30). The largest absolute Gasteiger partial charge is 0.488 e. The molecule has 0 radical (unpaired) electrons. The van der Waals surface area contributed by atoms with E-state index in [-0.39, 0.29) is 28.3 Å². The van der Waals surface area contributed by atoms with Crippen LogP contribution in [0.5, 0.6) is 5.75 Å². The summed E-state index contributed by atoms with van der Waals surface area (Å²) >= 11 is 0.958. The van der Waals surface area contributed by atoms with Crippen molar-refractivity contribution in [2.75, 3.05) is 5.32 Å². The lowest BCUT2D eigenvalue weighted by atomic mass is 9.87. The highest BCUT2D eigenvalue weighted by Crippen LogP contribution is 2.32. The number of hydrogen-bond acceptors (Lipinski definition) is 6. The molecule has 0 aliphatic heterocycles. The number of aromatic nitrogens is 2. The number of carboxylic acid groups (broad SMARTS) is 1. The number of aliphatic carboxylic acids is 1. The van der Waals surface area contributed by atoms with Crippen molar-refractivity contribution in [1.82, 2.24) is 9.97 Å². The van der Waals surface area contributed by atoms with Crippen LogP contribution in [0, 0.1) is 17.6 Å². The van der Waals surface area contributed by atoms with Crippen LogP contribution in [0.3, 0.4) is 0 Å².